The van der Waals surface area contributed by atoms with Crippen LogP contribution in [0.25, 0.3) is 0 Å². The number of hydrogen-bond acceptors (Lipinski definition) is 5. The molecule has 2 aromatic carbocycles. The van der Waals surface area contributed by atoms with Crippen molar-refractivity contribution in [2.24, 2.45) is 10.7 Å². The minimum atomic E-state index is -3.04. The Morgan fingerprint density at radius 3 is 2.29 bits per heavy atom. The van der Waals surface area contributed by atoms with Crippen molar-refractivity contribution >= 4 is 11.9 Å². The fourth-order valence-electron chi connectivity index (χ4n) is 3.28. The Balaban J connectivity index is 2.16. The van der Waals surface area contributed by atoms with Gasteiger partial charge in [-0.2, -0.15) is 8.78 Å². The first-order chi connectivity index (χ1) is 14.6. The normalized spacial score (nSPS) is 18.7. The number of amides is 1. The maximum Gasteiger partial charge on any atom is 0.387 e. The Morgan fingerprint density at radius 1 is 1.10 bits per heavy atom. The molecule has 0 radical (unpaired) electrons. The standard InChI is InChI=1S/C20H18F5N3O3/c1-10-7-11(4-6-14(10)31-18(24)25)20(17(29)28(2)19(26)27-20)12-3-5-13(21)15(8-12)30-9-16(22)23/h3-8,16,18H,9H2,1-2H3,(H2,26,27)/t20-/m0/s1. The molecule has 0 saturated heterocycles. The van der Waals surface area contributed by atoms with Crippen LogP contribution in [-0.4, -0.2) is 43.5 Å². The van der Waals surface area contributed by atoms with E-state index in [4.69, 9.17) is 10.5 Å². The average molecular weight is 443 g/mol. The molecule has 1 heterocycles. The number of aryl methyl sites for hydroxylation is 1. The van der Waals surface area contributed by atoms with E-state index in [1.807, 2.05) is 0 Å². The van der Waals surface area contributed by atoms with Gasteiger partial charge in [0.1, 0.15) is 12.4 Å². The van der Waals surface area contributed by atoms with Crippen LogP contribution in [0, 0.1) is 12.7 Å². The molecule has 0 bridgehead atoms. The summed E-state index contributed by atoms with van der Waals surface area (Å²) in [4.78, 5) is 18.5. The summed E-state index contributed by atoms with van der Waals surface area (Å²) in [5.41, 5.74) is 4.65. The number of likely N-dealkylation sites (N-methyl/N-ethyl adjacent to an activating group) is 1. The highest BCUT2D eigenvalue weighted by atomic mass is 19.3. The molecule has 0 aliphatic carbocycles. The number of nitrogens with zero attached hydrogens (tertiary/aromatic N) is 2. The van der Waals surface area contributed by atoms with Crippen molar-refractivity contribution in [2.75, 3.05) is 13.7 Å². The Labute approximate surface area is 174 Å². The maximum absolute atomic E-state index is 14.1. The van der Waals surface area contributed by atoms with Crippen LogP contribution >= 0.6 is 0 Å². The van der Waals surface area contributed by atoms with Crippen LogP contribution in [0.1, 0.15) is 16.7 Å². The lowest BCUT2D eigenvalue weighted by Gasteiger charge is -2.27. The highest BCUT2D eigenvalue weighted by Crippen LogP contribution is 2.42. The second-order valence-corrected chi connectivity index (χ2v) is 6.75. The molecule has 2 aromatic rings. The highest BCUT2D eigenvalue weighted by Gasteiger charge is 2.50. The van der Waals surface area contributed by atoms with Crippen LogP contribution in [0.2, 0.25) is 0 Å². The smallest absolute Gasteiger partial charge is 0.387 e. The van der Waals surface area contributed by atoms with Gasteiger partial charge in [0, 0.05) is 7.05 Å². The second kappa shape index (κ2) is 8.40. The van der Waals surface area contributed by atoms with E-state index in [0.717, 1.165) is 17.0 Å². The van der Waals surface area contributed by atoms with E-state index in [-0.39, 0.29) is 28.4 Å². The number of rotatable bonds is 7. The van der Waals surface area contributed by atoms with E-state index in [1.165, 1.54) is 38.2 Å². The van der Waals surface area contributed by atoms with Crippen LogP contribution < -0.4 is 15.2 Å². The van der Waals surface area contributed by atoms with Gasteiger partial charge >= 0.3 is 6.61 Å². The van der Waals surface area contributed by atoms with E-state index < -0.39 is 42.7 Å². The molecule has 0 spiro atoms. The molecule has 166 valence electrons. The number of halogens is 5. The fourth-order valence-corrected chi connectivity index (χ4v) is 3.28. The van der Waals surface area contributed by atoms with Crippen molar-refractivity contribution < 1.29 is 36.2 Å². The van der Waals surface area contributed by atoms with Crippen LogP contribution in [0.4, 0.5) is 22.0 Å². The van der Waals surface area contributed by atoms with Gasteiger partial charge in [-0.15, -0.1) is 0 Å². The van der Waals surface area contributed by atoms with Crippen LogP contribution in [0.5, 0.6) is 11.5 Å². The fraction of sp³-hybridized carbons (Fsp3) is 0.300. The molecule has 0 fully saturated rings. The molecule has 11 heteroatoms. The Bertz CT molecular complexity index is 1030. The third-order valence-electron chi connectivity index (χ3n) is 4.76. The number of carbonyl (C=O) groups is 1. The number of nitrogens with two attached hydrogens (primary N) is 1. The van der Waals surface area contributed by atoms with E-state index in [2.05, 4.69) is 9.73 Å². The second-order valence-electron chi connectivity index (χ2n) is 6.75. The first kappa shape index (κ1) is 22.3. The summed E-state index contributed by atoms with van der Waals surface area (Å²) in [6.45, 7) is -2.60. The Hall–Kier alpha value is -3.37. The number of benzene rings is 2. The quantitative estimate of drug-likeness (QED) is 0.666. The summed E-state index contributed by atoms with van der Waals surface area (Å²) in [7, 11) is 1.38. The first-order valence-electron chi connectivity index (χ1n) is 8.96. The minimum absolute atomic E-state index is 0.0948. The van der Waals surface area contributed by atoms with Crippen molar-refractivity contribution in [3.05, 3.63) is 58.9 Å². The monoisotopic (exact) mass is 443 g/mol. The number of alkyl halides is 4. The third kappa shape index (κ3) is 4.12. The van der Waals surface area contributed by atoms with Gasteiger partial charge in [0.15, 0.2) is 23.1 Å². The summed E-state index contributed by atoms with van der Waals surface area (Å²) in [5, 5.41) is 0. The Morgan fingerprint density at radius 2 is 1.74 bits per heavy atom. The molecule has 3 rings (SSSR count). The molecule has 0 aromatic heterocycles. The molecule has 2 N–H and O–H groups in total. The molecular weight excluding hydrogens is 425 g/mol. The van der Waals surface area contributed by atoms with Gasteiger partial charge in [-0.3, -0.25) is 9.69 Å². The van der Waals surface area contributed by atoms with Gasteiger partial charge < -0.3 is 15.2 Å². The lowest BCUT2D eigenvalue weighted by atomic mass is 9.82. The number of ether oxygens (including phenoxy) is 2. The molecule has 0 unspecified atom stereocenters. The highest BCUT2D eigenvalue weighted by molar-refractivity contribution is 6.09. The number of carbonyl (C=O) groups excluding carboxylic acids is 1. The lowest BCUT2D eigenvalue weighted by molar-refractivity contribution is -0.129. The van der Waals surface area contributed by atoms with Crippen LogP contribution in [0.15, 0.2) is 41.4 Å². The predicted molar refractivity (Wildman–Crippen MR) is 101 cm³/mol. The Kier molecular flexibility index (Phi) is 6.05. The largest absolute Gasteiger partial charge is 0.485 e. The zero-order chi connectivity index (χ0) is 22.9. The summed E-state index contributed by atoms with van der Waals surface area (Å²) in [5.74, 6) is -2.27. The first-order valence-corrected chi connectivity index (χ1v) is 8.96. The number of aliphatic imine (C=N–C) groups is 1. The summed E-state index contributed by atoms with van der Waals surface area (Å²) >= 11 is 0. The molecule has 1 atom stereocenters. The minimum Gasteiger partial charge on any atom is -0.485 e. The summed E-state index contributed by atoms with van der Waals surface area (Å²) in [6.07, 6.45) is -2.84. The molecule has 1 aliphatic rings. The average Bonchev–Trinajstić information content (AvgIpc) is 2.93. The van der Waals surface area contributed by atoms with Crippen molar-refractivity contribution in [3.63, 3.8) is 0 Å². The van der Waals surface area contributed by atoms with E-state index >= 15 is 0 Å². The van der Waals surface area contributed by atoms with Gasteiger partial charge in [0.25, 0.3) is 12.3 Å². The van der Waals surface area contributed by atoms with E-state index in [1.54, 1.807) is 0 Å². The summed E-state index contributed by atoms with van der Waals surface area (Å²) < 4.78 is 73.6. The van der Waals surface area contributed by atoms with Gasteiger partial charge in [-0.1, -0.05) is 12.1 Å². The van der Waals surface area contributed by atoms with Gasteiger partial charge in [-0.25, -0.2) is 18.2 Å². The molecule has 0 saturated carbocycles. The van der Waals surface area contributed by atoms with Gasteiger partial charge in [0.05, 0.1) is 0 Å². The maximum atomic E-state index is 14.1. The molecule has 1 amide bonds. The summed E-state index contributed by atoms with van der Waals surface area (Å²) in [6, 6.07) is 7.29. The van der Waals surface area contributed by atoms with Crippen LogP contribution in [-0.2, 0) is 10.3 Å². The van der Waals surface area contributed by atoms with Crippen molar-refractivity contribution in [1.82, 2.24) is 4.90 Å². The van der Waals surface area contributed by atoms with Crippen molar-refractivity contribution in [2.45, 2.75) is 25.5 Å². The molecular formula is C20H18F5N3O3. The third-order valence-corrected chi connectivity index (χ3v) is 4.76. The van der Waals surface area contributed by atoms with E-state index in [9.17, 15) is 26.7 Å². The van der Waals surface area contributed by atoms with Crippen molar-refractivity contribution in [1.29, 1.82) is 0 Å². The zero-order valence-corrected chi connectivity index (χ0v) is 16.4. The lowest BCUT2D eigenvalue weighted by Crippen LogP contribution is -2.41. The predicted octanol–water partition coefficient (Wildman–Crippen LogP) is 3.41. The van der Waals surface area contributed by atoms with E-state index in [0.29, 0.717) is 0 Å². The van der Waals surface area contributed by atoms with Crippen molar-refractivity contribution in [3.8, 4) is 11.5 Å². The number of hydrogen-bond donors (Lipinski definition) is 1. The topological polar surface area (TPSA) is 77.2 Å². The number of guanidine groups is 1. The molecule has 1 aliphatic heterocycles. The SMILES string of the molecule is Cc1cc([C@@]2(c3ccc(F)c(OCC(F)F)c3)N=C(N)N(C)C2=O)ccc1OC(F)F. The van der Waals surface area contributed by atoms with Gasteiger partial charge in [0.2, 0.25) is 0 Å². The van der Waals surface area contributed by atoms with Crippen LogP contribution in [0.3, 0.4) is 0 Å². The molecule has 6 nitrogen and oxygen atoms in total. The zero-order valence-electron chi connectivity index (χ0n) is 16.4. The van der Waals surface area contributed by atoms with Gasteiger partial charge in [-0.05, 0) is 47.9 Å². The molecule has 31 heavy (non-hydrogen) atoms.